The Morgan fingerprint density at radius 1 is 0.500 bits per heavy atom. The van der Waals surface area contributed by atoms with Crippen molar-refractivity contribution in [3.63, 3.8) is 0 Å². The molecular formula is C14H7F19O5. The van der Waals surface area contributed by atoms with Gasteiger partial charge in [0, 0.05) is 5.57 Å². The third-order valence-electron chi connectivity index (χ3n) is 3.79. The number of carbonyl (C=O) groups is 2. The van der Waals surface area contributed by atoms with E-state index in [4.69, 9.17) is 15.3 Å². The molecule has 0 aliphatic carbocycles. The quantitative estimate of drug-likeness (QED) is 0.229. The van der Waals surface area contributed by atoms with E-state index in [-0.39, 0.29) is 5.57 Å². The summed E-state index contributed by atoms with van der Waals surface area (Å²) in [6.45, 7) is 3.01. The fraction of sp³-hybridized carbons (Fsp3) is 0.714. The van der Waals surface area contributed by atoms with Gasteiger partial charge in [-0.15, -0.1) is 0 Å². The molecule has 226 valence electrons. The average molecular weight is 616 g/mol. The number of hydrogen-bond donors (Lipinski definition) is 3. The van der Waals surface area contributed by atoms with E-state index in [1.165, 1.54) is 0 Å². The summed E-state index contributed by atoms with van der Waals surface area (Å²) in [5.41, 5.74) is -0.303. The van der Waals surface area contributed by atoms with Gasteiger partial charge in [0.25, 0.3) is 0 Å². The highest BCUT2D eigenvalue weighted by molar-refractivity contribution is 5.91. The third kappa shape index (κ3) is 5.82. The Bertz CT molecular complexity index is 846. The molecule has 5 nitrogen and oxygen atoms in total. The molecule has 0 amide bonds. The number of aliphatic carboxylic acids is 2. The highest BCUT2D eigenvalue weighted by Crippen LogP contribution is 2.64. The lowest BCUT2D eigenvalue weighted by atomic mass is 9.88. The molecule has 3 N–H and O–H groups in total. The molecule has 0 rings (SSSR count). The lowest BCUT2D eigenvalue weighted by molar-refractivity contribution is -0.482. The summed E-state index contributed by atoms with van der Waals surface area (Å²) in [6, 6.07) is 0. The second-order valence-corrected chi connectivity index (χ2v) is 6.54. The van der Waals surface area contributed by atoms with Crippen LogP contribution in [-0.4, -0.2) is 81.0 Å². The van der Waals surface area contributed by atoms with Gasteiger partial charge in [0.1, 0.15) is 0 Å². The molecule has 0 fully saturated rings. The van der Waals surface area contributed by atoms with Gasteiger partial charge in [-0.3, -0.25) is 4.79 Å². The first-order chi connectivity index (χ1) is 16.0. The van der Waals surface area contributed by atoms with Gasteiger partial charge >= 0.3 is 65.7 Å². The summed E-state index contributed by atoms with van der Waals surface area (Å²) in [6.07, 6.45) is -16.1. The van der Waals surface area contributed by atoms with E-state index in [2.05, 4.69) is 6.58 Å². The summed E-state index contributed by atoms with van der Waals surface area (Å²) in [5, 5.41) is 23.8. The van der Waals surface area contributed by atoms with E-state index < -0.39 is 72.1 Å². The van der Waals surface area contributed by atoms with Crippen molar-refractivity contribution >= 4 is 11.9 Å². The van der Waals surface area contributed by atoms with Crippen molar-refractivity contribution in [3.8, 4) is 0 Å². The van der Waals surface area contributed by atoms with E-state index >= 15 is 0 Å². The van der Waals surface area contributed by atoms with Crippen molar-refractivity contribution in [2.24, 2.45) is 0 Å². The topological polar surface area (TPSA) is 94.8 Å². The molecular weight excluding hydrogens is 609 g/mol. The third-order valence-corrected chi connectivity index (χ3v) is 3.79. The van der Waals surface area contributed by atoms with Crippen LogP contribution in [0.1, 0.15) is 6.42 Å². The van der Waals surface area contributed by atoms with E-state index in [1.54, 1.807) is 0 Å². The number of carboxylic acids is 2. The Kier molecular flexibility index (Phi) is 9.98. The van der Waals surface area contributed by atoms with Gasteiger partial charge in [0.05, 0.1) is 6.42 Å². The van der Waals surface area contributed by atoms with Crippen LogP contribution in [0.15, 0.2) is 12.2 Å². The molecule has 0 aliphatic rings. The van der Waals surface area contributed by atoms with Crippen molar-refractivity contribution in [3.05, 3.63) is 12.2 Å². The van der Waals surface area contributed by atoms with Crippen molar-refractivity contribution in [1.29, 1.82) is 0 Å². The zero-order valence-electron chi connectivity index (χ0n) is 16.8. The molecule has 0 saturated carbocycles. The Morgan fingerprint density at radius 2 is 0.763 bits per heavy atom. The molecule has 0 bridgehead atoms. The number of rotatable bonds is 9. The normalized spacial score (nSPS) is 16.2. The Balaban J connectivity index is 0. The predicted octanol–water partition coefficient (Wildman–Crippen LogP) is 5.68. The maximum absolute atomic E-state index is 13.0. The summed E-state index contributed by atoms with van der Waals surface area (Å²) in [7, 11) is 0. The molecule has 0 spiro atoms. The van der Waals surface area contributed by atoms with Crippen molar-refractivity contribution in [2.75, 3.05) is 0 Å². The van der Waals surface area contributed by atoms with Crippen LogP contribution in [0.3, 0.4) is 0 Å². The summed E-state index contributed by atoms with van der Waals surface area (Å²) >= 11 is 0. The zero-order chi connectivity index (χ0) is 31.9. The number of halogens is 19. The van der Waals surface area contributed by atoms with Crippen LogP contribution in [0.5, 0.6) is 0 Å². The first-order valence-corrected chi connectivity index (χ1v) is 7.98. The second kappa shape index (κ2) is 10.1. The summed E-state index contributed by atoms with van der Waals surface area (Å²) in [4.78, 5) is 19.7. The van der Waals surface area contributed by atoms with Crippen LogP contribution in [0, 0.1) is 0 Å². The first kappa shape index (κ1) is 37.5. The predicted molar refractivity (Wildman–Crippen MR) is 76.9 cm³/mol. The molecule has 0 aromatic carbocycles. The Morgan fingerprint density at radius 3 is 0.947 bits per heavy atom. The van der Waals surface area contributed by atoms with Crippen LogP contribution in [0.25, 0.3) is 0 Å². The fourth-order valence-electron chi connectivity index (χ4n) is 1.61. The molecule has 24 heteroatoms. The molecule has 0 aromatic rings. The maximum Gasteiger partial charge on any atom is 0.460 e. The second-order valence-electron chi connectivity index (χ2n) is 6.54. The molecule has 0 radical (unpaired) electrons. The number of carboxylic acid groups (broad SMARTS) is 2. The fourth-order valence-corrected chi connectivity index (χ4v) is 1.61. The standard InChI is InChI=1S/C9HF19O.C5H6O4/c10-1(11,2(12,13)4(16,17)6(20,21)8(23,24)25)3(14,15)5(18,19)7(22,29)9(26,27)28;1-3(5(8)9)2-4(6)7/h29H;1-2H2,(H,6,7)(H,8,9). The van der Waals surface area contributed by atoms with Crippen LogP contribution >= 0.6 is 0 Å². The lowest BCUT2D eigenvalue weighted by Gasteiger charge is -2.43. The minimum absolute atomic E-state index is 0.303. The number of aliphatic hydroxyl groups is 1. The number of alkyl halides is 19. The average Bonchev–Trinajstić information content (AvgIpc) is 2.65. The van der Waals surface area contributed by atoms with E-state index in [9.17, 15) is 93.0 Å². The van der Waals surface area contributed by atoms with Crippen LogP contribution in [-0.2, 0) is 9.59 Å². The zero-order valence-corrected chi connectivity index (χ0v) is 16.8. The Hall–Kier alpha value is -2.69. The SMILES string of the molecule is C=C(CC(=O)O)C(=O)O.OC(F)(C(F)(F)F)C(F)(F)C(F)(F)C(F)(F)C(F)(F)C(F)(F)C(F)(F)C(F)(F)F. The van der Waals surface area contributed by atoms with Crippen molar-refractivity contribution in [2.45, 2.75) is 60.2 Å². The monoisotopic (exact) mass is 616 g/mol. The van der Waals surface area contributed by atoms with Crippen LogP contribution < -0.4 is 0 Å². The van der Waals surface area contributed by atoms with Gasteiger partial charge in [-0.2, -0.15) is 83.4 Å². The molecule has 1 unspecified atom stereocenters. The van der Waals surface area contributed by atoms with E-state index in [1.807, 2.05) is 0 Å². The van der Waals surface area contributed by atoms with E-state index in [0.717, 1.165) is 0 Å². The van der Waals surface area contributed by atoms with Gasteiger partial charge in [-0.25, -0.2) is 4.79 Å². The minimum Gasteiger partial charge on any atom is -0.481 e. The number of hydrogen-bond acceptors (Lipinski definition) is 3. The van der Waals surface area contributed by atoms with Gasteiger partial charge in [0.2, 0.25) is 0 Å². The van der Waals surface area contributed by atoms with Gasteiger partial charge in [-0.1, -0.05) is 6.58 Å². The molecule has 0 aliphatic heterocycles. The molecule has 0 aromatic heterocycles. The maximum atomic E-state index is 13.0. The smallest absolute Gasteiger partial charge is 0.460 e. The van der Waals surface area contributed by atoms with Gasteiger partial charge in [-0.05, 0) is 0 Å². The highest BCUT2D eigenvalue weighted by Gasteiger charge is 2.96. The molecule has 1 atom stereocenters. The highest BCUT2D eigenvalue weighted by atomic mass is 19.4. The molecule has 0 heterocycles. The largest absolute Gasteiger partial charge is 0.481 e. The van der Waals surface area contributed by atoms with E-state index in [0.29, 0.717) is 0 Å². The van der Waals surface area contributed by atoms with Crippen molar-refractivity contribution < 1.29 is 108 Å². The van der Waals surface area contributed by atoms with Crippen LogP contribution in [0.2, 0.25) is 0 Å². The Labute approximate surface area is 194 Å². The van der Waals surface area contributed by atoms with Gasteiger partial charge < -0.3 is 15.3 Å². The summed E-state index contributed by atoms with van der Waals surface area (Å²) in [5.74, 6) is -62.5. The summed E-state index contributed by atoms with van der Waals surface area (Å²) < 4.78 is 237. The molecule has 38 heavy (non-hydrogen) atoms. The van der Waals surface area contributed by atoms with Crippen LogP contribution in [0.4, 0.5) is 83.4 Å². The van der Waals surface area contributed by atoms with Crippen molar-refractivity contribution in [1.82, 2.24) is 0 Å². The van der Waals surface area contributed by atoms with Gasteiger partial charge in [0.15, 0.2) is 0 Å². The first-order valence-electron chi connectivity index (χ1n) is 7.98. The lowest BCUT2D eigenvalue weighted by Crippen LogP contribution is -2.76. The molecule has 0 saturated heterocycles. The minimum atomic E-state index is -8.94.